The molecule has 2 atom stereocenters. The van der Waals surface area contributed by atoms with Crippen LogP contribution < -0.4 is 21.7 Å². The second-order valence-electron chi connectivity index (χ2n) is 10.5. The minimum atomic E-state index is -0.539. The Balaban J connectivity index is 1.39. The Morgan fingerprint density at radius 1 is 1.08 bits per heavy atom. The van der Waals surface area contributed by atoms with Gasteiger partial charge in [-0.1, -0.05) is 18.6 Å². The number of benzene rings is 2. The van der Waals surface area contributed by atoms with E-state index in [1.54, 1.807) is 6.07 Å². The number of piperazine rings is 1. The highest BCUT2D eigenvalue weighted by molar-refractivity contribution is 5.75. The maximum Gasteiger partial charge on any atom is 0.222 e. The van der Waals surface area contributed by atoms with Gasteiger partial charge in [0.15, 0.2) is 5.96 Å². The number of nitrogens with one attached hydrogen (secondary N) is 1. The zero-order valence-corrected chi connectivity index (χ0v) is 22.4. The molecule has 2 aliphatic rings. The molecular weight excluding hydrogens is 493 g/mol. The van der Waals surface area contributed by atoms with Crippen LogP contribution in [0.5, 0.6) is 0 Å². The number of hydrogen-bond acceptors (Lipinski definition) is 5. The standard InChI is InChI=1S/C29H36FN9/c1-33-26-11-6-21(17-25(26)30)27-18-28(34-19-20-4-3-5-22(16-20)35-29(31)32)36-39(27)24-9-7-23(8-10-24)38-14-12-37(2)13-15-38/h6-11,17-18,20,22H,3-5,12-16,19H2,2H3,(H,34,36)(H4,31,32,35)/t20-,22-/m0/s1. The van der Waals surface area contributed by atoms with Crippen molar-refractivity contribution in [2.45, 2.75) is 31.7 Å². The number of nitrogens with two attached hydrogens (primary N) is 2. The molecular formula is C29H36FN9. The van der Waals surface area contributed by atoms with Crippen LogP contribution in [0.15, 0.2) is 53.5 Å². The summed E-state index contributed by atoms with van der Waals surface area (Å²) in [5, 5.41) is 8.36. The maximum absolute atomic E-state index is 14.6. The molecule has 3 aromatic rings. The van der Waals surface area contributed by atoms with Crippen molar-refractivity contribution in [3.63, 3.8) is 0 Å². The predicted octanol–water partition coefficient (Wildman–Crippen LogP) is 4.23. The Bertz CT molecular complexity index is 1350. The van der Waals surface area contributed by atoms with Gasteiger partial charge in [0.1, 0.15) is 11.6 Å². The van der Waals surface area contributed by atoms with Gasteiger partial charge in [-0.15, -0.1) is 5.10 Å². The van der Waals surface area contributed by atoms with Crippen LogP contribution in [0, 0.1) is 18.3 Å². The molecule has 5 rings (SSSR count). The van der Waals surface area contributed by atoms with Gasteiger partial charge in [-0.05, 0) is 62.6 Å². The Kier molecular flexibility index (Phi) is 7.98. The smallest absolute Gasteiger partial charge is 0.222 e. The second kappa shape index (κ2) is 11.7. The normalized spacial score (nSPS) is 19.9. The number of halogens is 1. The average Bonchev–Trinajstić information content (AvgIpc) is 3.37. The van der Waals surface area contributed by atoms with Crippen molar-refractivity contribution in [1.29, 1.82) is 0 Å². The molecule has 1 saturated heterocycles. The number of aliphatic imine (C=N–C) groups is 1. The highest BCUT2D eigenvalue weighted by atomic mass is 19.1. The molecule has 1 aliphatic heterocycles. The molecule has 0 unspecified atom stereocenters. The molecule has 2 heterocycles. The first kappa shape index (κ1) is 26.5. The molecule has 1 aromatic heterocycles. The van der Waals surface area contributed by atoms with Crippen LogP contribution in [-0.4, -0.2) is 66.5 Å². The van der Waals surface area contributed by atoms with Crippen LogP contribution in [-0.2, 0) is 0 Å². The summed E-state index contributed by atoms with van der Waals surface area (Å²) in [4.78, 5) is 12.4. The van der Waals surface area contributed by atoms with Crippen LogP contribution >= 0.6 is 0 Å². The lowest BCUT2D eigenvalue weighted by atomic mass is 9.86. The zero-order chi connectivity index (χ0) is 27.4. The van der Waals surface area contributed by atoms with E-state index in [9.17, 15) is 4.39 Å². The molecule has 1 saturated carbocycles. The van der Waals surface area contributed by atoms with Crippen molar-refractivity contribution in [3.05, 3.63) is 65.8 Å². The Labute approximate surface area is 229 Å². The molecule has 0 radical (unpaired) electrons. The number of hydrogen-bond donors (Lipinski definition) is 3. The Morgan fingerprint density at radius 3 is 2.51 bits per heavy atom. The van der Waals surface area contributed by atoms with Crippen LogP contribution in [0.25, 0.3) is 21.8 Å². The fourth-order valence-corrected chi connectivity index (χ4v) is 5.52. The van der Waals surface area contributed by atoms with Gasteiger partial charge in [-0.3, -0.25) is 4.99 Å². The lowest BCUT2D eigenvalue weighted by Crippen LogP contribution is -2.44. The zero-order valence-electron chi connectivity index (χ0n) is 22.4. The molecule has 2 aromatic carbocycles. The van der Waals surface area contributed by atoms with Crippen molar-refractivity contribution in [2.24, 2.45) is 22.4 Å². The highest BCUT2D eigenvalue weighted by Gasteiger charge is 2.22. The number of nitrogens with zero attached hydrogens (tertiary/aromatic N) is 6. The van der Waals surface area contributed by atoms with Crippen LogP contribution in [0.2, 0.25) is 0 Å². The topological polar surface area (TPSA) is 105 Å². The number of aromatic nitrogens is 2. The van der Waals surface area contributed by atoms with Crippen LogP contribution in [0.4, 0.5) is 21.6 Å². The molecule has 5 N–H and O–H groups in total. The van der Waals surface area contributed by atoms with E-state index in [1.165, 1.54) is 17.8 Å². The Morgan fingerprint density at radius 2 is 1.82 bits per heavy atom. The molecule has 10 heteroatoms. The quantitative estimate of drug-likeness (QED) is 0.240. The van der Waals surface area contributed by atoms with Gasteiger partial charge in [-0.25, -0.2) is 13.9 Å². The molecule has 204 valence electrons. The van der Waals surface area contributed by atoms with Gasteiger partial charge in [0.05, 0.1) is 24.0 Å². The molecule has 1 aliphatic carbocycles. The van der Waals surface area contributed by atoms with E-state index in [1.807, 2.05) is 10.7 Å². The second-order valence-corrected chi connectivity index (χ2v) is 10.5. The van der Waals surface area contributed by atoms with Gasteiger partial charge in [-0.2, -0.15) is 0 Å². The van der Waals surface area contributed by atoms with Crippen molar-refractivity contribution >= 4 is 23.2 Å². The number of anilines is 2. The monoisotopic (exact) mass is 529 g/mol. The van der Waals surface area contributed by atoms with E-state index in [0.29, 0.717) is 17.3 Å². The fourth-order valence-electron chi connectivity index (χ4n) is 5.52. The van der Waals surface area contributed by atoms with Gasteiger partial charge < -0.3 is 26.6 Å². The van der Waals surface area contributed by atoms with Crippen molar-refractivity contribution in [3.8, 4) is 16.9 Å². The van der Waals surface area contributed by atoms with E-state index in [4.69, 9.17) is 23.1 Å². The van der Waals surface area contributed by atoms with E-state index < -0.39 is 5.82 Å². The first-order chi connectivity index (χ1) is 18.9. The van der Waals surface area contributed by atoms with Crippen LogP contribution in [0.3, 0.4) is 0 Å². The van der Waals surface area contributed by atoms with Crippen molar-refractivity contribution < 1.29 is 4.39 Å². The lowest BCUT2D eigenvalue weighted by Gasteiger charge is -2.34. The molecule has 9 nitrogen and oxygen atoms in total. The summed E-state index contributed by atoms with van der Waals surface area (Å²) in [6.45, 7) is 12.0. The molecule has 39 heavy (non-hydrogen) atoms. The van der Waals surface area contributed by atoms with E-state index in [2.05, 4.69) is 56.3 Å². The van der Waals surface area contributed by atoms with Gasteiger partial charge in [0.2, 0.25) is 5.69 Å². The highest BCUT2D eigenvalue weighted by Crippen LogP contribution is 2.32. The average molecular weight is 530 g/mol. The SMILES string of the molecule is [C-]#[N+]c1ccc(-c2cc(NC[C@H]3CCC[C@H](N=C(N)N)C3)nn2-c2ccc(N3CCN(C)CC3)cc2)cc1F. The lowest BCUT2D eigenvalue weighted by molar-refractivity contribution is 0.313. The predicted molar refractivity (Wildman–Crippen MR) is 155 cm³/mol. The van der Waals surface area contributed by atoms with Crippen molar-refractivity contribution in [1.82, 2.24) is 14.7 Å². The fraction of sp³-hybridized carbons (Fsp3) is 0.414. The Hall–Kier alpha value is -4.10. The van der Waals surface area contributed by atoms with E-state index in [0.717, 1.165) is 69.8 Å². The number of rotatable bonds is 7. The first-order valence-corrected chi connectivity index (χ1v) is 13.5. The van der Waals surface area contributed by atoms with Gasteiger partial charge in [0.25, 0.3) is 0 Å². The van der Waals surface area contributed by atoms with Crippen molar-refractivity contribution in [2.75, 3.05) is 50.0 Å². The summed E-state index contributed by atoms with van der Waals surface area (Å²) in [5.41, 5.74) is 14.7. The number of guanidine groups is 1. The molecule has 0 bridgehead atoms. The maximum atomic E-state index is 14.6. The van der Waals surface area contributed by atoms with E-state index in [-0.39, 0.29) is 17.7 Å². The third-order valence-corrected chi connectivity index (χ3v) is 7.69. The molecule has 2 fully saturated rings. The summed E-state index contributed by atoms with van der Waals surface area (Å²) >= 11 is 0. The van der Waals surface area contributed by atoms with E-state index >= 15 is 0 Å². The minimum Gasteiger partial charge on any atom is -0.370 e. The third kappa shape index (κ3) is 6.32. The van der Waals surface area contributed by atoms with Crippen LogP contribution in [0.1, 0.15) is 25.7 Å². The van der Waals surface area contributed by atoms with Gasteiger partial charge in [0, 0.05) is 50.0 Å². The summed E-state index contributed by atoms with van der Waals surface area (Å²) in [6, 6.07) is 15.1. The number of likely N-dealkylation sites (N-methyl/N-ethyl adjacent to an activating group) is 1. The summed E-state index contributed by atoms with van der Waals surface area (Å²) in [7, 11) is 2.15. The molecule has 0 amide bonds. The third-order valence-electron chi connectivity index (χ3n) is 7.69. The summed E-state index contributed by atoms with van der Waals surface area (Å²) in [6.07, 6.45) is 4.12. The summed E-state index contributed by atoms with van der Waals surface area (Å²) < 4.78 is 16.4. The largest absolute Gasteiger partial charge is 0.370 e. The minimum absolute atomic E-state index is 0.00678. The van der Waals surface area contributed by atoms with Gasteiger partial charge >= 0.3 is 0 Å². The summed E-state index contributed by atoms with van der Waals surface area (Å²) in [5.74, 6) is 0.751. The molecule has 0 spiro atoms. The first-order valence-electron chi connectivity index (χ1n) is 13.5.